The van der Waals surface area contributed by atoms with Gasteiger partial charge < -0.3 is 20.7 Å². The fraction of sp³-hybridized carbons (Fsp3) is 0.481. The molecule has 0 unspecified atom stereocenters. The van der Waals surface area contributed by atoms with Gasteiger partial charge in [-0.25, -0.2) is 9.78 Å². The normalized spacial score (nSPS) is 20.4. The van der Waals surface area contributed by atoms with Gasteiger partial charge in [0.15, 0.2) is 5.12 Å². The number of amides is 3. The number of carbonyl (C=O) groups excluding carboxylic acids is 5. The van der Waals surface area contributed by atoms with E-state index in [9.17, 15) is 24.0 Å². The molecule has 1 aliphatic rings. The second-order valence-electron chi connectivity index (χ2n) is 8.68. The van der Waals surface area contributed by atoms with E-state index in [1.165, 1.54) is 36.5 Å². The van der Waals surface area contributed by atoms with E-state index in [1.54, 1.807) is 31.2 Å². The van der Waals surface area contributed by atoms with Crippen molar-refractivity contribution in [2.75, 3.05) is 12.0 Å². The van der Waals surface area contributed by atoms with E-state index in [0.29, 0.717) is 30.7 Å². The predicted octanol–water partition coefficient (Wildman–Crippen LogP) is 3.27. The Kier molecular flexibility index (Phi) is 13.8. The van der Waals surface area contributed by atoms with Crippen molar-refractivity contribution in [3.8, 4) is 0 Å². The third-order valence-electron chi connectivity index (χ3n) is 5.65. The summed E-state index contributed by atoms with van der Waals surface area (Å²) in [6.45, 7) is 5.11. The summed E-state index contributed by atoms with van der Waals surface area (Å²) in [6, 6.07) is 2.31. The van der Waals surface area contributed by atoms with Gasteiger partial charge in [0.25, 0.3) is 11.8 Å². The molecule has 12 heteroatoms. The molecular weight excluding hydrogens is 540 g/mol. The van der Waals surface area contributed by atoms with Crippen molar-refractivity contribution in [1.29, 1.82) is 0 Å². The molecule has 3 amide bonds. The number of rotatable bonds is 8. The second kappa shape index (κ2) is 16.8. The molecule has 212 valence electrons. The molecule has 0 fully saturated rings. The van der Waals surface area contributed by atoms with E-state index < -0.39 is 29.9 Å². The van der Waals surface area contributed by atoms with Crippen molar-refractivity contribution in [2.24, 2.45) is 0 Å². The fourth-order valence-corrected chi connectivity index (χ4v) is 4.70. The Labute approximate surface area is 237 Å². The Morgan fingerprint density at radius 3 is 2.64 bits per heavy atom. The zero-order valence-corrected chi connectivity index (χ0v) is 24.3. The lowest BCUT2D eigenvalue weighted by molar-refractivity contribution is -0.152. The van der Waals surface area contributed by atoms with Crippen LogP contribution >= 0.6 is 23.5 Å². The Morgan fingerprint density at radius 2 is 1.97 bits per heavy atom. The minimum atomic E-state index is -0.977. The molecule has 0 aliphatic carbocycles. The molecule has 1 aliphatic heterocycles. The summed E-state index contributed by atoms with van der Waals surface area (Å²) in [5, 5.41) is 8.03. The highest BCUT2D eigenvalue weighted by atomic mass is 32.2. The topological polar surface area (TPSA) is 144 Å². The first-order chi connectivity index (χ1) is 18.7. The van der Waals surface area contributed by atoms with Gasteiger partial charge in [0, 0.05) is 17.6 Å². The molecule has 0 radical (unpaired) electrons. The number of pyridine rings is 1. The lowest BCUT2D eigenvalue weighted by Gasteiger charge is -2.22. The number of hydrogen-bond donors (Lipinski definition) is 3. The summed E-state index contributed by atoms with van der Waals surface area (Å²) in [6.07, 6.45) is 7.98. The van der Waals surface area contributed by atoms with E-state index in [-0.39, 0.29) is 35.4 Å². The molecule has 2 atom stereocenters. The SMILES string of the molecule is C/C=C1\NC(=O)c2ccc(SC)c(n2)CNC(=O)C[C@@H](/C=C/CCSC(C)=O)OC(=O)[C@H](CCCC)NC1=O. The van der Waals surface area contributed by atoms with Gasteiger partial charge in [0.05, 0.1) is 18.7 Å². The van der Waals surface area contributed by atoms with E-state index in [0.717, 1.165) is 11.3 Å². The van der Waals surface area contributed by atoms with Crippen LogP contribution in [0.2, 0.25) is 0 Å². The van der Waals surface area contributed by atoms with Gasteiger partial charge >= 0.3 is 5.97 Å². The maximum atomic E-state index is 13.2. The largest absolute Gasteiger partial charge is 0.456 e. The van der Waals surface area contributed by atoms with Crippen molar-refractivity contribution in [1.82, 2.24) is 20.9 Å². The summed E-state index contributed by atoms with van der Waals surface area (Å²) in [4.78, 5) is 68.3. The van der Waals surface area contributed by atoms with E-state index in [4.69, 9.17) is 4.74 Å². The summed E-state index contributed by atoms with van der Waals surface area (Å²) in [5.41, 5.74) is 0.556. The van der Waals surface area contributed by atoms with Crippen molar-refractivity contribution in [3.63, 3.8) is 0 Å². The Balaban J connectivity index is 2.39. The number of unbranched alkanes of at least 4 members (excludes halogenated alkanes) is 1. The quantitative estimate of drug-likeness (QED) is 0.140. The molecule has 10 nitrogen and oxygen atoms in total. The summed E-state index contributed by atoms with van der Waals surface area (Å²) < 4.78 is 5.68. The predicted molar refractivity (Wildman–Crippen MR) is 152 cm³/mol. The summed E-state index contributed by atoms with van der Waals surface area (Å²) in [7, 11) is 0. The standard InChI is InChI=1S/C27H36N4O6S2/c1-5-7-11-21-27(36)37-18(10-8-9-14-39-17(3)32)15-24(33)28-16-22-23(38-4)13-12-20(29-22)26(35)30-19(6-2)25(34)31-21/h6,8,10,12-13,18,21H,5,7,9,11,14-16H2,1-4H3,(H,28,33)(H,30,35)(H,31,34)/b10-8+,19-6-/t18-,21+/m1/s1. The van der Waals surface area contributed by atoms with Crippen LogP contribution in [0, 0.1) is 0 Å². The number of hydrogen-bond acceptors (Lipinski definition) is 9. The number of cyclic esters (lactones) is 1. The maximum Gasteiger partial charge on any atom is 0.329 e. The second-order valence-corrected chi connectivity index (χ2v) is 10.8. The van der Waals surface area contributed by atoms with E-state index in [2.05, 4.69) is 20.9 Å². The number of aromatic nitrogens is 1. The molecule has 0 aromatic carbocycles. The molecule has 0 saturated heterocycles. The number of allylic oxidation sites excluding steroid dienone is 2. The average Bonchev–Trinajstić information content (AvgIpc) is 2.91. The highest BCUT2D eigenvalue weighted by molar-refractivity contribution is 8.13. The van der Waals surface area contributed by atoms with Gasteiger partial charge in [0.2, 0.25) is 5.91 Å². The molecule has 1 aromatic heterocycles. The zero-order valence-electron chi connectivity index (χ0n) is 22.7. The molecule has 3 N–H and O–H groups in total. The summed E-state index contributed by atoms with van der Waals surface area (Å²) >= 11 is 2.60. The van der Waals surface area contributed by atoms with Crippen molar-refractivity contribution in [2.45, 2.75) is 76.5 Å². The third-order valence-corrected chi connectivity index (χ3v) is 7.31. The van der Waals surface area contributed by atoms with Crippen LogP contribution in [-0.2, 0) is 30.5 Å². The smallest absolute Gasteiger partial charge is 0.329 e. The first-order valence-electron chi connectivity index (χ1n) is 12.8. The lowest BCUT2D eigenvalue weighted by Crippen LogP contribution is -2.46. The van der Waals surface area contributed by atoms with Gasteiger partial charge in [-0.15, -0.1) is 11.8 Å². The van der Waals surface area contributed by atoms with Crippen LogP contribution < -0.4 is 16.0 Å². The van der Waals surface area contributed by atoms with Crippen molar-refractivity contribution >= 4 is 52.3 Å². The van der Waals surface area contributed by atoms with E-state index >= 15 is 0 Å². The van der Waals surface area contributed by atoms with Crippen LogP contribution in [-0.4, -0.2) is 57.9 Å². The zero-order chi connectivity index (χ0) is 28.8. The minimum absolute atomic E-state index is 0.00685. The van der Waals surface area contributed by atoms with Gasteiger partial charge in [0.1, 0.15) is 23.5 Å². The molecule has 2 bridgehead atoms. The Bertz CT molecular complexity index is 1120. The molecule has 39 heavy (non-hydrogen) atoms. The third kappa shape index (κ3) is 10.9. The maximum absolute atomic E-state index is 13.2. The molecular formula is C27H36N4O6S2. The van der Waals surface area contributed by atoms with Gasteiger partial charge in [-0.3, -0.25) is 19.2 Å². The number of nitrogens with one attached hydrogen (secondary N) is 3. The van der Waals surface area contributed by atoms with Crippen LogP contribution in [0.1, 0.15) is 69.1 Å². The number of esters is 1. The van der Waals surface area contributed by atoms with Gasteiger partial charge in [-0.05, 0) is 44.2 Å². The van der Waals surface area contributed by atoms with Crippen LogP contribution in [0.15, 0.2) is 41.0 Å². The van der Waals surface area contributed by atoms with Crippen molar-refractivity contribution in [3.05, 3.63) is 47.4 Å². The van der Waals surface area contributed by atoms with Gasteiger partial charge in [-0.1, -0.05) is 43.7 Å². The number of nitrogens with zero attached hydrogens (tertiary/aromatic N) is 1. The van der Waals surface area contributed by atoms with Crippen molar-refractivity contribution < 1.29 is 28.7 Å². The number of ether oxygens (including phenoxy) is 1. The highest BCUT2D eigenvalue weighted by Crippen LogP contribution is 2.20. The first-order valence-corrected chi connectivity index (χ1v) is 15.0. The number of thioether (sulfide) groups is 2. The highest BCUT2D eigenvalue weighted by Gasteiger charge is 2.27. The Morgan fingerprint density at radius 1 is 1.21 bits per heavy atom. The fourth-order valence-electron chi connectivity index (χ4n) is 3.60. The van der Waals surface area contributed by atoms with E-state index in [1.807, 2.05) is 13.2 Å². The van der Waals surface area contributed by atoms with Crippen LogP contribution in [0.4, 0.5) is 0 Å². The average molecular weight is 577 g/mol. The molecule has 2 rings (SSSR count). The monoisotopic (exact) mass is 576 g/mol. The number of carbonyl (C=O) groups is 5. The summed E-state index contributed by atoms with van der Waals surface area (Å²) in [5.74, 6) is -1.72. The first kappa shape index (κ1) is 32.1. The molecule has 0 saturated carbocycles. The molecule has 0 spiro atoms. The minimum Gasteiger partial charge on any atom is -0.456 e. The van der Waals surface area contributed by atoms with Crippen LogP contribution in [0.3, 0.4) is 0 Å². The van der Waals surface area contributed by atoms with Crippen LogP contribution in [0.25, 0.3) is 0 Å². The number of fused-ring (bicyclic) bond motifs is 2. The van der Waals surface area contributed by atoms with Crippen LogP contribution in [0.5, 0.6) is 0 Å². The Hall–Kier alpha value is -3.12. The lowest BCUT2D eigenvalue weighted by atomic mass is 10.1. The molecule has 1 aromatic rings. The van der Waals surface area contributed by atoms with Gasteiger partial charge in [-0.2, -0.15) is 0 Å². The molecule has 2 heterocycles.